The molecule has 0 aliphatic rings. The number of quaternary nitrogens is 1. The third-order valence-corrected chi connectivity index (χ3v) is 3.72. The number of nitrogens with one attached hydrogen (secondary N) is 1. The Bertz CT molecular complexity index is 379. The van der Waals surface area contributed by atoms with Crippen LogP contribution < -0.4 is 5.32 Å². The van der Waals surface area contributed by atoms with Crippen molar-refractivity contribution in [1.29, 1.82) is 0 Å². The van der Waals surface area contributed by atoms with Crippen LogP contribution in [0.2, 0.25) is 0 Å². The van der Waals surface area contributed by atoms with Crippen molar-refractivity contribution in [2.75, 3.05) is 39.5 Å². The van der Waals surface area contributed by atoms with Crippen molar-refractivity contribution in [2.45, 2.75) is 26.0 Å². The third-order valence-electron chi connectivity index (χ3n) is 2.91. The van der Waals surface area contributed by atoms with Gasteiger partial charge in [0.2, 0.25) is 0 Å². The first-order valence-corrected chi connectivity index (χ1v) is 7.98. The molecular formula is C12H27N2O4S+. The van der Waals surface area contributed by atoms with Gasteiger partial charge in [-0.2, -0.15) is 8.42 Å². The molecular weight excluding hydrogens is 268 g/mol. The van der Waals surface area contributed by atoms with Crippen LogP contribution in [0.3, 0.4) is 0 Å². The minimum absolute atomic E-state index is 0.193. The van der Waals surface area contributed by atoms with E-state index in [9.17, 15) is 13.5 Å². The average molecular weight is 295 g/mol. The van der Waals surface area contributed by atoms with E-state index < -0.39 is 16.3 Å². The molecule has 1 unspecified atom stereocenters. The Balaban J connectivity index is 3.82. The van der Waals surface area contributed by atoms with Crippen LogP contribution in [-0.2, 0) is 10.1 Å². The maximum atomic E-state index is 10.6. The van der Waals surface area contributed by atoms with Crippen molar-refractivity contribution >= 4 is 10.1 Å². The fraction of sp³-hybridized carbons (Fsp3) is 0.833. The number of hydrogen-bond acceptors (Lipinski definition) is 4. The Kier molecular flexibility index (Phi) is 7.76. The number of aliphatic hydroxyl groups excluding tert-OH is 1. The molecule has 114 valence electrons. The predicted molar refractivity (Wildman–Crippen MR) is 76.3 cm³/mol. The lowest BCUT2D eigenvalue weighted by molar-refractivity contribution is -0.890. The Morgan fingerprint density at radius 1 is 1.32 bits per heavy atom. The lowest BCUT2D eigenvalue weighted by atomic mass is 10.3. The summed E-state index contributed by atoms with van der Waals surface area (Å²) in [7, 11) is 0.169. The van der Waals surface area contributed by atoms with Gasteiger partial charge in [0.25, 0.3) is 10.1 Å². The summed E-state index contributed by atoms with van der Waals surface area (Å²) in [4.78, 5) is 0. The van der Waals surface area contributed by atoms with Gasteiger partial charge in [0.15, 0.2) is 0 Å². The Morgan fingerprint density at radius 3 is 2.32 bits per heavy atom. The monoisotopic (exact) mass is 295 g/mol. The van der Waals surface area contributed by atoms with E-state index >= 15 is 0 Å². The van der Waals surface area contributed by atoms with E-state index in [4.69, 9.17) is 4.55 Å². The fourth-order valence-electron chi connectivity index (χ4n) is 1.71. The summed E-state index contributed by atoms with van der Waals surface area (Å²) in [6, 6.07) is 0. The van der Waals surface area contributed by atoms with Gasteiger partial charge in [-0.25, -0.2) is 0 Å². The van der Waals surface area contributed by atoms with Gasteiger partial charge >= 0.3 is 0 Å². The molecule has 0 aromatic carbocycles. The highest BCUT2D eigenvalue weighted by Gasteiger charge is 2.16. The van der Waals surface area contributed by atoms with E-state index in [1.165, 1.54) is 0 Å². The first-order chi connectivity index (χ1) is 8.53. The second-order valence-corrected chi connectivity index (χ2v) is 7.15. The van der Waals surface area contributed by atoms with Crippen molar-refractivity contribution in [2.24, 2.45) is 0 Å². The topological polar surface area (TPSA) is 86.6 Å². The largest absolute Gasteiger partial charge is 0.375 e. The molecule has 0 aromatic heterocycles. The van der Waals surface area contributed by atoms with Gasteiger partial charge in [-0.15, -0.1) is 0 Å². The zero-order valence-electron chi connectivity index (χ0n) is 12.1. The van der Waals surface area contributed by atoms with Crippen LogP contribution >= 0.6 is 0 Å². The number of hydrogen-bond donors (Lipinski definition) is 3. The maximum Gasteiger partial charge on any atom is 0.265 e. The van der Waals surface area contributed by atoms with E-state index in [0.29, 0.717) is 29.6 Å². The molecule has 0 aromatic rings. The molecule has 0 spiro atoms. The summed E-state index contributed by atoms with van der Waals surface area (Å²) < 4.78 is 30.6. The van der Waals surface area contributed by atoms with Gasteiger partial charge in [0, 0.05) is 19.4 Å². The van der Waals surface area contributed by atoms with Crippen LogP contribution in [0.5, 0.6) is 0 Å². The smallest absolute Gasteiger partial charge is 0.265 e. The van der Waals surface area contributed by atoms with Crippen LogP contribution in [0.15, 0.2) is 12.2 Å². The summed E-state index contributed by atoms with van der Waals surface area (Å²) in [6.45, 7) is 7.63. The molecule has 6 nitrogen and oxygen atoms in total. The molecule has 3 N–H and O–H groups in total. The molecule has 0 fully saturated rings. The molecule has 0 aliphatic carbocycles. The quantitative estimate of drug-likeness (QED) is 0.176. The first-order valence-electron chi connectivity index (χ1n) is 6.37. The molecule has 0 bridgehead atoms. The highest BCUT2D eigenvalue weighted by atomic mass is 32.2. The third kappa shape index (κ3) is 11.1. The highest BCUT2D eigenvalue weighted by Crippen LogP contribution is 2.03. The summed E-state index contributed by atoms with van der Waals surface area (Å²) in [5, 5.41) is 12.4. The summed E-state index contributed by atoms with van der Waals surface area (Å²) in [6.07, 6.45) is 0.631. The van der Waals surface area contributed by atoms with Crippen LogP contribution in [0.1, 0.15) is 19.8 Å². The summed E-state index contributed by atoms with van der Waals surface area (Å²) in [5.41, 5.74) is 0.682. The van der Waals surface area contributed by atoms with E-state index in [0.717, 1.165) is 13.0 Å². The summed E-state index contributed by atoms with van der Waals surface area (Å²) >= 11 is 0. The van der Waals surface area contributed by atoms with Crippen molar-refractivity contribution in [3.8, 4) is 0 Å². The molecule has 1 atom stereocenters. The standard InChI is InChI=1S/C12H26N2O4S/c1-11(2)12(15)13-7-5-8-14(3,4)9-6-10-19(16,17)18/h12-13,15H,1,5-10H2,2-4H3/p+1. The van der Waals surface area contributed by atoms with Gasteiger partial charge in [-0.1, -0.05) is 6.58 Å². The zero-order chi connectivity index (χ0) is 15.1. The molecule has 19 heavy (non-hydrogen) atoms. The van der Waals surface area contributed by atoms with Crippen LogP contribution in [0, 0.1) is 0 Å². The Hall–Kier alpha value is -0.470. The Labute approximate surface area is 116 Å². The highest BCUT2D eigenvalue weighted by molar-refractivity contribution is 7.85. The Morgan fingerprint density at radius 2 is 1.84 bits per heavy atom. The summed E-state index contributed by atoms with van der Waals surface area (Å²) in [5.74, 6) is -0.193. The van der Waals surface area contributed by atoms with Crippen molar-refractivity contribution < 1.29 is 22.6 Å². The van der Waals surface area contributed by atoms with E-state index in [1.54, 1.807) is 6.92 Å². The second-order valence-electron chi connectivity index (χ2n) is 5.58. The molecule has 0 aliphatic heterocycles. The van der Waals surface area contributed by atoms with Crippen molar-refractivity contribution in [3.63, 3.8) is 0 Å². The molecule has 7 heteroatoms. The average Bonchev–Trinajstić information content (AvgIpc) is 2.21. The van der Waals surface area contributed by atoms with Gasteiger partial charge in [0.05, 0.1) is 32.9 Å². The zero-order valence-corrected chi connectivity index (χ0v) is 12.9. The lowest BCUT2D eigenvalue weighted by Crippen LogP contribution is -2.43. The van der Waals surface area contributed by atoms with Gasteiger partial charge in [0.1, 0.15) is 6.23 Å². The van der Waals surface area contributed by atoms with Crippen LogP contribution in [-0.4, -0.2) is 68.3 Å². The van der Waals surface area contributed by atoms with Gasteiger partial charge < -0.3 is 9.59 Å². The predicted octanol–water partition coefficient (Wildman–Crippen LogP) is 0.215. The van der Waals surface area contributed by atoms with E-state index in [-0.39, 0.29) is 5.75 Å². The number of aliphatic hydroxyl groups is 1. The van der Waals surface area contributed by atoms with Crippen molar-refractivity contribution in [3.05, 3.63) is 12.2 Å². The van der Waals surface area contributed by atoms with Crippen molar-refractivity contribution in [1.82, 2.24) is 5.32 Å². The molecule has 0 amide bonds. The van der Waals surface area contributed by atoms with E-state index in [2.05, 4.69) is 11.9 Å². The van der Waals surface area contributed by atoms with Gasteiger partial charge in [-0.3, -0.25) is 9.87 Å². The molecule has 0 saturated carbocycles. The minimum atomic E-state index is -3.86. The fourth-order valence-corrected chi connectivity index (χ4v) is 2.20. The lowest BCUT2D eigenvalue weighted by Gasteiger charge is -2.30. The maximum absolute atomic E-state index is 10.6. The minimum Gasteiger partial charge on any atom is -0.375 e. The number of nitrogens with zero attached hydrogens (tertiary/aromatic N) is 1. The van der Waals surface area contributed by atoms with Gasteiger partial charge in [-0.05, 0) is 12.5 Å². The van der Waals surface area contributed by atoms with Crippen LogP contribution in [0.4, 0.5) is 0 Å². The normalized spacial score (nSPS) is 14.4. The molecule has 0 radical (unpaired) electrons. The SMILES string of the molecule is C=C(C)C(O)NCCC[N+](C)(C)CCCS(=O)(=O)O. The molecule has 0 saturated heterocycles. The molecule has 0 heterocycles. The van der Waals surface area contributed by atoms with Crippen LogP contribution in [0.25, 0.3) is 0 Å². The first kappa shape index (κ1) is 18.5. The number of rotatable bonds is 10. The second kappa shape index (κ2) is 7.96. The van der Waals surface area contributed by atoms with E-state index in [1.807, 2.05) is 14.1 Å². The molecule has 0 rings (SSSR count).